The number of ether oxygens (including phenoxy) is 2. The summed E-state index contributed by atoms with van der Waals surface area (Å²) in [5.74, 6) is -0.379. The number of nitrogens with two attached hydrogens (primary N) is 1. The van der Waals surface area contributed by atoms with E-state index in [1.54, 1.807) is 4.90 Å². The Morgan fingerprint density at radius 1 is 1.37 bits per heavy atom. The van der Waals surface area contributed by atoms with E-state index >= 15 is 0 Å². The van der Waals surface area contributed by atoms with Crippen molar-refractivity contribution in [1.82, 2.24) is 4.90 Å². The molecule has 0 bridgehead atoms. The highest BCUT2D eigenvalue weighted by Gasteiger charge is 2.32. The Kier molecular flexibility index (Phi) is 5.60. The first-order chi connectivity index (χ1) is 8.79. The molecular formula is C13H24N2O4. The molecule has 0 aromatic heterocycles. The third-order valence-corrected chi connectivity index (χ3v) is 2.81. The van der Waals surface area contributed by atoms with Gasteiger partial charge in [-0.25, -0.2) is 4.79 Å². The minimum Gasteiger partial charge on any atom is -0.444 e. The molecule has 19 heavy (non-hydrogen) atoms. The van der Waals surface area contributed by atoms with Crippen molar-refractivity contribution in [3.8, 4) is 0 Å². The summed E-state index contributed by atoms with van der Waals surface area (Å²) in [6.45, 7) is 6.96. The highest BCUT2D eigenvalue weighted by molar-refractivity contribution is 5.73. The molecule has 2 amide bonds. The summed E-state index contributed by atoms with van der Waals surface area (Å²) in [4.78, 5) is 24.3. The monoisotopic (exact) mass is 272 g/mol. The molecule has 1 heterocycles. The average Bonchev–Trinajstić information content (AvgIpc) is 2.69. The molecule has 0 spiro atoms. The molecular weight excluding hydrogens is 248 g/mol. The first kappa shape index (κ1) is 15.8. The number of carbonyl (C=O) groups excluding carboxylic acids is 2. The predicted octanol–water partition coefficient (Wildman–Crippen LogP) is 1.28. The Morgan fingerprint density at radius 2 is 2.05 bits per heavy atom. The van der Waals surface area contributed by atoms with Crippen LogP contribution in [0.3, 0.4) is 0 Å². The second-order valence-corrected chi connectivity index (χ2v) is 5.76. The second-order valence-electron chi connectivity index (χ2n) is 5.76. The summed E-state index contributed by atoms with van der Waals surface area (Å²) in [6.07, 6.45) is 1.76. The van der Waals surface area contributed by atoms with E-state index in [1.807, 2.05) is 20.8 Å². The van der Waals surface area contributed by atoms with Gasteiger partial charge in [0.15, 0.2) is 0 Å². The van der Waals surface area contributed by atoms with Crippen LogP contribution in [0.4, 0.5) is 4.79 Å². The molecule has 1 rings (SSSR count). The fraction of sp³-hybridized carbons (Fsp3) is 0.846. The van der Waals surface area contributed by atoms with Crippen molar-refractivity contribution in [2.75, 3.05) is 19.8 Å². The van der Waals surface area contributed by atoms with Crippen LogP contribution >= 0.6 is 0 Å². The van der Waals surface area contributed by atoms with E-state index in [4.69, 9.17) is 15.2 Å². The summed E-state index contributed by atoms with van der Waals surface area (Å²) in [7, 11) is 0. The Morgan fingerprint density at radius 3 is 2.63 bits per heavy atom. The van der Waals surface area contributed by atoms with Crippen LogP contribution < -0.4 is 5.73 Å². The Bertz CT molecular complexity index is 325. The maximum absolute atomic E-state index is 12.0. The normalized spacial score (nSPS) is 19.5. The number of rotatable bonds is 5. The van der Waals surface area contributed by atoms with Gasteiger partial charge in [-0.3, -0.25) is 4.79 Å². The number of hydrogen-bond donors (Lipinski definition) is 1. The number of primary amides is 1. The lowest BCUT2D eigenvalue weighted by Gasteiger charge is -2.28. The molecule has 1 aliphatic heterocycles. The quantitative estimate of drug-likeness (QED) is 0.764. The molecule has 1 atom stereocenters. The van der Waals surface area contributed by atoms with Crippen molar-refractivity contribution in [2.24, 2.45) is 5.73 Å². The minimum atomic E-state index is -0.489. The van der Waals surface area contributed by atoms with Crippen LogP contribution in [0.5, 0.6) is 0 Å². The Hall–Kier alpha value is -1.30. The van der Waals surface area contributed by atoms with E-state index in [9.17, 15) is 9.59 Å². The molecule has 6 nitrogen and oxygen atoms in total. The minimum absolute atomic E-state index is 0.0303. The van der Waals surface area contributed by atoms with E-state index in [2.05, 4.69) is 0 Å². The lowest BCUT2D eigenvalue weighted by Crippen LogP contribution is -2.41. The predicted molar refractivity (Wildman–Crippen MR) is 70.6 cm³/mol. The lowest BCUT2D eigenvalue weighted by atomic mass is 10.2. The molecule has 1 fully saturated rings. The Labute approximate surface area is 114 Å². The second kappa shape index (κ2) is 6.75. The standard InChI is InChI=1S/C13H24N2O4/c1-13(2,3)19-12(17)15-7-4-5-10(15)9-18-8-6-11(14)16/h10H,4-9H2,1-3H3,(H2,14,16). The van der Waals surface area contributed by atoms with E-state index in [0.29, 0.717) is 19.8 Å². The van der Waals surface area contributed by atoms with Crippen molar-refractivity contribution in [2.45, 2.75) is 51.7 Å². The molecule has 1 unspecified atom stereocenters. The lowest BCUT2D eigenvalue weighted by molar-refractivity contribution is -0.119. The summed E-state index contributed by atoms with van der Waals surface area (Å²) >= 11 is 0. The van der Waals surface area contributed by atoms with Gasteiger partial charge in [-0.1, -0.05) is 0 Å². The van der Waals surface area contributed by atoms with Gasteiger partial charge in [-0.2, -0.15) is 0 Å². The molecule has 110 valence electrons. The summed E-state index contributed by atoms with van der Waals surface area (Å²) < 4.78 is 10.7. The van der Waals surface area contributed by atoms with Crippen LogP contribution in [0, 0.1) is 0 Å². The van der Waals surface area contributed by atoms with Gasteiger partial charge in [0.2, 0.25) is 5.91 Å². The maximum Gasteiger partial charge on any atom is 0.410 e. The van der Waals surface area contributed by atoms with Gasteiger partial charge in [-0.15, -0.1) is 0 Å². The van der Waals surface area contributed by atoms with Crippen LogP contribution in [-0.2, 0) is 14.3 Å². The highest BCUT2D eigenvalue weighted by Crippen LogP contribution is 2.21. The van der Waals surface area contributed by atoms with E-state index in [1.165, 1.54) is 0 Å². The SMILES string of the molecule is CC(C)(C)OC(=O)N1CCCC1COCCC(N)=O. The van der Waals surface area contributed by atoms with Gasteiger partial charge in [0.05, 0.1) is 19.3 Å². The van der Waals surface area contributed by atoms with Gasteiger partial charge in [0.25, 0.3) is 0 Å². The van der Waals surface area contributed by atoms with Crippen molar-refractivity contribution in [3.05, 3.63) is 0 Å². The van der Waals surface area contributed by atoms with Gasteiger partial charge in [0.1, 0.15) is 5.60 Å². The Balaban J connectivity index is 2.37. The van der Waals surface area contributed by atoms with Crippen LogP contribution in [0.2, 0.25) is 0 Å². The van der Waals surface area contributed by atoms with Crippen molar-refractivity contribution in [1.29, 1.82) is 0 Å². The van der Waals surface area contributed by atoms with Crippen LogP contribution in [0.1, 0.15) is 40.0 Å². The molecule has 6 heteroatoms. The first-order valence-corrected chi connectivity index (χ1v) is 6.65. The summed E-state index contributed by atoms with van der Waals surface area (Å²) in [5.41, 5.74) is 4.54. The zero-order chi connectivity index (χ0) is 14.5. The maximum atomic E-state index is 12.0. The van der Waals surface area contributed by atoms with E-state index < -0.39 is 5.60 Å². The van der Waals surface area contributed by atoms with Gasteiger partial charge in [0, 0.05) is 13.0 Å². The fourth-order valence-electron chi connectivity index (χ4n) is 1.96. The van der Waals surface area contributed by atoms with E-state index in [-0.39, 0.29) is 24.5 Å². The summed E-state index contributed by atoms with van der Waals surface area (Å²) in [5, 5.41) is 0. The number of nitrogens with zero attached hydrogens (tertiary/aromatic N) is 1. The van der Waals surface area contributed by atoms with Gasteiger partial charge in [-0.05, 0) is 33.6 Å². The molecule has 0 saturated carbocycles. The average molecular weight is 272 g/mol. The number of carbonyl (C=O) groups is 2. The zero-order valence-corrected chi connectivity index (χ0v) is 12.0. The number of amides is 2. The van der Waals surface area contributed by atoms with Gasteiger partial charge >= 0.3 is 6.09 Å². The number of likely N-dealkylation sites (tertiary alicyclic amines) is 1. The van der Waals surface area contributed by atoms with Crippen LogP contribution in [0.25, 0.3) is 0 Å². The first-order valence-electron chi connectivity index (χ1n) is 6.65. The third-order valence-electron chi connectivity index (χ3n) is 2.81. The third kappa shape index (κ3) is 5.92. The smallest absolute Gasteiger partial charge is 0.410 e. The van der Waals surface area contributed by atoms with E-state index in [0.717, 1.165) is 12.8 Å². The largest absolute Gasteiger partial charge is 0.444 e. The van der Waals surface area contributed by atoms with Crippen molar-refractivity contribution >= 4 is 12.0 Å². The van der Waals surface area contributed by atoms with Crippen LogP contribution in [-0.4, -0.2) is 48.3 Å². The molecule has 2 N–H and O–H groups in total. The van der Waals surface area contributed by atoms with Gasteiger partial charge < -0.3 is 20.1 Å². The van der Waals surface area contributed by atoms with Crippen LogP contribution in [0.15, 0.2) is 0 Å². The molecule has 0 aromatic carbocycles. The molecule has 1 saturated heterocycles. The highest BCUT2D eigenvalue weighted by atomic mass is 16.6. The number of hydrogen-bond acceptors (Lipinski definition) is 4. The topological polar surface area (TPSA) is 81.9 Å². The zero-order valence-electron chi connectivity index (χ0n) is 12.0. The molecule has 1 aliphatic rings. The molecule has 0 radical (unpaired) electrons. The molecule has 0 aromatic rings. The molecule has 0 aliphatic carbocycles. The fourth-order valence-corrected chi connectivity index (χ4v) is 1.96. The summed E-state index contributed by atoms with van der Waals surface area (Å²) in [6, 6.07) is 0.0303. The van der Waals surface area contributed by atoms with Crippen molar-refractivity contribution < 1.29 is 19.1 Å². The van der Waals surface area contributed by atoms with Crippen molar-refractivity contribution in [3.63, 3.8) is 0 Å².